The Bertz CT molecular complexity index is 2690. The van der Waals surface area contributed by atoms with Crippen LogP contribution >= 0.6 is 22.9 Å². The van der Waals surface area contributed by atoms with E-state index in [1.807, 2.05) is 21.9 Å². The summed E-state index contributed by atoms with van der Waals surface area (Å²) >= 11 is 7.48. The molecule has 0 radical (unpaired) electrons. The third-order valence-electron chi connectivity index (χ3n) is 14.6. The molecule has 75 heavy (non-hydrogen) atoms. The molecule has 5 heterocycles. The zero-order valence-corrected chi connectivity index (χ0v) is 44.6. The number of carbonyl (C=O) groups excluding carboxylic acids is 4. The molecule has 4 N–H and O–H groups in total. The summed E-state index contributed by atoms with van der Waals surface area (Å²) < 4.78 is 69.9. The van der Waals surface area contributed by atoms with Crippen LogP contribution < -0.4 is 25.6 Å². The van der Waals surface area contributed by atoms with Crippen molar-refractivity contribution in [1.82, 2.24) is 40.3 Å². The number of likely N-dealkylation sites (N-methyl/N-ethyl adjacent to an activating group) is 1. The van der Waals surface area contributed by atoms with Crippen molar-refractivity contribution in [3.8, 4) is 0 Å². The fourth-order valence-electron chi connectivity index (χ4n) is 10.4. The van der Waals surface area contributed by atoms with Crippen molar-refractivity contribution in [3.63, 3.8) is 0 Å². The molecule has 0 spiro atoms. The number of ether oxygens (including phenoxy) is 2. The number of thiazole rings is 1. The fourth-order valence-corrected chi connectivity index (χ4v) is 12.5. The average molecular weight is 1100 g/mol. The summed E-state index contributed by atoms with van der Waals surface area (Å²) in [6.07, 6.45) is 13.8. The summed E-state index contributed by atoms with van der Waals surface area (Å²) in [5.74, 6) is -2.40. The first-order valence-electron chi connectivity index (χ1n) is 25.6. The number of amides is 4. The van der Waals surface area contributed by atoms with Gasteiger partial charge in [0, 0.05) is 127 Å². The number of sulfonamides is 1. The molecule has 4 amide bonds. The van der Waals surface area contributed by atoms with E-state index in [0.29, 0.717) is 83.2 Å². The molecule has 3 aromatic heterocycles. The standard InChI is InChI=1S/C51H66ClF2N11O8S2/c1-62(43-30-45(54)58-32-42(43)60-41-29-40(53)44(28-39(41)52)75(70,71)61-51-57-17-26-74-51)18-19-64-20-22-65(23-21-64)50(69)33-7-9-35(10-8-33)59-46(66)6-4-24-72-36-11-13-37(14-12-36)73-25-16-56-49(68)38-27-47(67)63(2)48(38)34-5-3-15-55-31-34/h3,5,15,17,26,28-33,35-38,48,60H,4,6-14,16,18-25,27H2,1-2H3,(H,56,68)(H,57,61)(H,59,66)/t33?,35?,36?,37?,38-,48+/m0/s1. The van der Waals surface area contributed by atoms with E-state index in [2.05, 4.69) is 40.5 Å². The first kappa shape index (κ1) is 55.6. The van der Waals surface area contributed by atoms with Gasteiger partial charge in [-0.3, -0.25) is 33.8 Å². The van der Waals surface area contributed by atoms with Crippen LogP contribution in [0.5, 0.6) is 0 Å². The molecule has 2 saturated carbocycles. The maximum atomic E-state index is 15.2. The highest BCUT2D eigenvalue weighted by Crippen LogP contribution is 2.38. The summed E-state index contributed by atoms with van der Waals surface area (Å²) in [7, 11) is -0.809. The van der Waals surface area contributed by atoms with Crippen LogP contribution in [0.25, 0.3) is 0 Å². The van der Waals surface area contributed by atoms with Crippen molar-refractivity contribution >= 4 is 78.8 Å². The molecule has 0 bridgehead atoms. The predicted octanol–water partition coefficient (Wildman–Crippen LogP) is 6.12. The van der Waals surface area contributed by atoms with Crippen LogP contribution in [0, 0.1) is 23.6 Å². The second-order valence-electron chi connectivity index (χ2n) is 19.6. The lowest BCUT2D eigenvalue weighted by Gasteiger charge is -2.38. The predicted molar refractivity (Wildman–Crippen MR) is 280 cm³/mol. The van der Waals surface area contributed by atoms with Gasteiger partial charge in [0.05, 0.1) is 59.1 Å². The SMILES string of the molecule is CN(CCN1CCN(C(=O)C2CCC(NC(=O)CCCOC3CCC(OCCNC(=O)[C@H]4CC(=O)N(C)[C@@H]4c4cccnc4)CC3)CC2)CC1)c1cc(F)ncc1Nc1cc(F)c(S(=O)(=O)Nc2nccs2)cc1Cl. The number of halogens is 3. The number of carbonyl (C=O) groups is 4. The largest absolute Gasteiger partial charge is 0.378 e. The van der Waals surface area contributed by atoms with E-state index in [9.17, 15) is 32.0 Å². The average Bonchev–Trinajstić information content (AvgIpc) is 4.03. The lowest BCUT2D eigenvalue weighted by molar-refractivity contribution is -0.138. The Kier molecular flexibility index (Phi) is 19.3. The molecular weight excluding hydrogens is 1030 g/mol. The Morgan fingerprint density at radius 2 is 1.65 bits per heavy atom. The Hall–Kier alpha value is -5.59. The van der Waals surface area contributed by atoms with Crippen LogP contribution in [0.3, 0.4) is 0 Å². The molecule has 8 rings (SSSR count). The molecular formula is C51H66ClF2N11O8S2. The molecule has 0 unspecified atom stereocenters. The zero-order chi connectivity index (χ0) is 53.1. The number of piperazine rings is 1. The van der Waals surface area contributed by atoms with Crippen LogP contribution in [0.15, 0.2) is 65.4 Å². The van der Waals surface area contributed by atoms with Gasteiger partial charge in [0.25, 0.3) is 10.0 Å². The third-order valence-corrected chi connectivity index (χ3v) is 17.1. The van der Waals surface area contributed by atoms with Crippen LogP contribution in [0.1, 0.15) is 82.2 Å². The van der Waals surface area contributed by atoms with E-state index in [4.69, 9.17) is 21.1 Å². The van der Waals surface area contributed by atoms with Gasteiger partial charge in [-0.15, -0.1) is 11.3 Å². The molecule has 24 heteroatoms. The van der Waals surface area contributed by atoms with Crippen LogP contribution in [0.2, 0.25) is 5.02 Å². The highest BCUT2D eigenvalue weighted by Gasteiger charge is 2.43. The lowest BCUT2D eigenvalue weighted by Crippen LogP contribution is -2.52. The van der Waals surface area contributed by atoms with Crippen molar-refractivity contribution < 1.29 is 45.9 Å². The quantitative estimate of drug-likeness (QED) is 0.0515. The van der Waals surface area contributed by atoms with Gasteiger partial charge in [0.15, 0.2) is 5.13 Å². The topological polar surface area (TPSA) is 221 Å². The van der Waals surface area contributed by atoms with E-state index in [0.717, 1.165) is 80.4 Å². The number of hydrogen-bond acceptors (Lipinski definition) is 15. The van der Waals surface area contributed by atoms with E-state index < -0.39 is 32.6 Å². The number of anilines is 4. The Labute approximate surface area is 445 Å². The molecule has 2 aliphatic carbocycles. The molecule has 4 aromatic rings. The normalized spacial score (nSPS) is 22.4. The van der Waals surface area contributed by atoms with Crippen LogP contribution in [-0.2, 0) is 38.7 Å². The second-order valence-corrected chi connectivity index (χ2v) is 22.6. The molecule has 4 aliphatic rings. The molecule has 2 atom stereocenters. The second kappa shape index (κ2) is 26.0. The smallest absolute Gasteiger partial charge is 0.266 e. The fraction of sp³-hybridized carbons (Fsp3) is 0.549. The van der Waals surface area contributed by atoms with Crippen LogP contribution in [0.4, 0.5) is 31.0 Å². The number of hydrogen-bond donors (Lipinski definition) is 4. The third kappa shape index (κ3) is 14.9. The van der Waals surface area contributed by atoms with Gasteiger partial charge in [0.2, 0.25) is 29.6 Å². The minimum Gasteiger partial charge on any atom is -0.378 e. The number of aromatic nitrogens is 3. The number of nitrogens with one attached hydrogen (secondary N) is 4. The number of likely N-dealkylation sites (tertiary alicyclic amines) is 1. The minimum absolute atomic E-state index is 0.00127. The maximum Gasteiger partial charge on any atom is 0.266 e. The molecule has 1 aromatic carbocycles. The zero-order valence-electron chi connectivity index (χ0n) is 42.2. The van der Waals surface area contributed by atoms with Gasteiger partial charge in [-0.25, -0.2) is 22.8 Å². The van der Waals surface area contributed by atoms with Gasteiger partial charge >= 0.3 is 0 Å². The summed E-state index contributed by atoms with van der Waals surface area (Å²) in [6.45, 7) is 4.88. The minimum atomic E-state index is -4.32. The van der Waals surface area contributed by atoms with Crippen molar-refractivity contribution in [2.75, 3.05) is 88.1 Å². The van der Waals surface area contributed by atoms with Crippen molar-refractivity contribution in [2.24, 2.45) is 11.8 Å². The van der Waals surface area contributed by atoms with Crippen molar-refractivity contribution in [3.05, 3.63) is 82.9 Å². The Morgan fingerprint density at radius 3 is 2.35 bits per heavy atom. The molecule has 2 saturated heterocycles. The summed E-state index contributed by atoms with van der Waals surface area (Å²) in [4.78, 5) is 70.7. The van der Waals surface area contributed by atoms with Gasteiger partial charge in [-0.1, -0.05) is 17.7 Å². The van der Waals surface area contributed by atoms with E-state index in [1.54, 1.807) is 36.8 Å². The number of pyridine rings is 2. The Balaban J connectivity index is 0.668. The number of nitrogens with zero attached hydrogens (tertiary/aromatic N) is 7. The Morgan fingerprint density at radius 1 is 0.920 bits per heavy atom. The monoisotopic (exact) mass is 1100 g/mol. The van der Waals surface area contributed by atoms with E-state index in [-0.39, 0.29) is 76.1 Å². The molecule has 2 aliphatic heterocycles. The summed E-state index contributed by atoms with van der Waals surface area (Å²) in [6, 6.07) is 6.60. The number of benzene rings is 1. The highest BCUT2D eigenvalue weighted by atomic mass is 35.5. The van der Waals surface area contributed by atoms with E-state index >= 15 is 4.39 Å². The van der Waals surface area contributed by atoms with Crippen LogP contribution in [-0.4, -0.2) is 153 Å². The van der Waals surface area contributed by atoms with Gasteiger partial charge < -0.3 is 40.1 Å². The maximum absolute atomic E-state index is 15.2. The van der Waals surface area contributed by atoms with E-state index in [1.165, 1.54) is 18.5 Å². The molecule has 4 fully saturated rings. The summed E-state index contributed by atoms with van der Waals surface area (Å²) in [5, 5.41) is 10.7. The van der Waals surface area contributed by atoms with Gasteiger partial charge in [-0.05, 0) is 75.5 Å². The lowest BCUT2D eigenvalue weighted by atomic mass is 9.85. The molecule has 406 valence electrons. The van der Waals surface area contributed by atoms with Crippen molar-refractivity contribution in [2.45, 2.75) is 99.8 Å². The van der Waals surface area contributed by atoms with Gasteiger partial charge in [0.1, 0.15) is 10.7 Å². The van der Waals surface area contributed by atoms with Crippen molar-refractivity contribution in [1.29, 1.82) is 0 Å². The highest BCUT2D eigenvalue weighted by molar-refractivity contribution is 7.93. The summed E-state index contributed by atoms with van der Waals surface area (Å²) in [5.41, 5.74) is 1.66. The molecule has 19 nitrogen and oxygen atoms in total. The first-order chi connectivity index (χ1) is 36.1. The first-order valence-corrected chi connectivity index (χ1v) is 28.4. The van der Waals surface area contributed by atoms with Gasteiger partial charge in [-0.2, -0.15) is 4.39 Å². The number of rotatable bonds is 22.